The average Bonchev–Trinajstić information content (AvgIpc) is 2.97. The summed E-state index contributed by atoms with van der Waals surface area (Å²) in [6.45, 7) is 10.3. The van der Waals surface area contributed by atoms with Crippen LogP contribution in [0.2, 0.25) is 0 Å². The van der Waals surface area contributed by atoms with Crippen molar-refractivity contribution < 1.29 is 14.3 Å². The summed E-state index contributed by atoms with van der Waals surface area (Å²) in [5.41, 5.74) is 4.14. The molecule has 0 saturated heterocycles. The topological polar surface area (TPSA) is 43.4 Å². The van der Waals surface area contributed by atoms with Crippen molar-refractivity contribution in [1.29, 1.82) is 0 Å². The Balaban J connectivity index is 2.35. The number of carbonyl (C=O) groups excluding carboxylic acids is 2. The summed E-state index contributed by atoms with van der Waals surface area (Å²) in [6, 6.07) is 6.95. The molecule has 30 heavy (non-hydrogen) atoms. The van der Waals surface area contributed by atoms with Gasteiger partial charge in [-0.15, -0.1) is 0 Å². The number of rotatable bonds is 9. The predicted molar refractivity (Wildman–Crippen MR) is 124 cm³/mol. The molecule has 0 spiro atoms. The lowest BCUT2D eigenvalue weighted by Gasteiger charge is -2.29. The van der Waals surface area contributed by atoms with E-state index in [4.69, 9.17) is 27.9 Å². The van der Waals surface area contributed by atoms with Crippen molar-refractivity contribution in [2.45, 2.75) is 70.7 Å². The average molecular weight is 449 g/mol. The number of fused-ring (bicyclic) bond motifs is 1. The van der Waals surface area contributed by atoms with Gasteiger partial charge in [-0.3, -0.25) is 4.79 Å². The molecule has 1 aliphatic rings. The minimum Gasteiger partial charge on any atom is -0.442 e. The van der Waals surface area contributed by atoms with Gasteiger partial charge in [0.2, 0.25) is 11.4 Å². The van der Waals surface area contributed by atoms with Crippen LogP contribution < -0.4 is 0 Å². The summed E-state index contributed by atoms with van der Waals surface area (Å²) in [6.07, 6.45) is 7.30. The zero-order valence-corrected chi connectivity index (χ0v) is 19.9. The van der Waals surface area contributed by atoms with Gasteiger partial charge >= 0.3 is 5.97 Å². The summed E-state index contributed by atoms with van der Waals surface area (Å²) in [4.78, 5) is 24.3. The van der Waals surface area contributed by atoms with Gasteiger partial charge in [-0.05, 0) is 59.9 Å². The molecule has 162 valence electrons. The van der Waals surface area contributed by atoms with Crippen LogP contribution in [0.25, 0.3) is 0 Å². The van der Waals surface area contributed by atoms with Crippen molar-refractivity contribution in [3.63, 3.8) is 0 Å². The molecule has 1 heterocycles. The second-order valence-corrected chi connectivity index (χ2v) is 9.38. The quantitative estimate of drug-likeness (QED) is 0.227. The minimum absolute atomic E-state index is 0.241. The van der Waals surface area contributed by atoms with Gasteiger partial charge in [0, 0.05) is 12.0 Å². The molecule has 0 N–H and O–H groups in total. The molecule has 0 unspecified atom stereocenters. The smallest absolute Gasteiger partial charge is 0.339 e. The number of ketones is 1. The molecule has 0 bridgehead atoms. The highest BCUT2D eigenvalue weighted by atomic mass is 35.5. The van der Waals surface area contributed by atoms with E-state index in [0.29, 0.717) is 17.5 Å². The Labute approximate surface area is 189 Å². The molecule has 1 atom stereocenters. The Hall–Kier alpha value is -1.84. The van der Waals surface area contributed by atoms with E-state index in [1.54, 1.807) is 24.3 Å². The zero-order chi connectivity index (χ0) is 22.5. The van der Waals surface area contributed by atoms with Crippen LogP contribution in [0, 0.1) is 0 Å². The highest BCUT2D eigenvalue weighted by Gasteiger charge is 2.53. The Morgan fingerprint density at radius 2 is 1.77 bits per heavy atom. The van der Waals surface area contributed by atoms with Crippen molar-refractivity contribution >= 4 is 35.0 Å². The van der Waals surface area contributed by atoms with Gasteiger partial charge in [-0.2, -0.15) is 0 Å². The number of allylic oxidation sites excluding steroid dienone is 5. The van der Waals surface area contributed by atoms with Crippen LogP contribution in [0.1, 0.15) is 76.2 Å². The molecular weight excluding hydrogens is 419 g/mol. The van der Waals surface area contributed by atoms with E-state index in [-0.39, 0.29) is 6.42 Å². The first kappa shape index (κ1) is 24.4. The number of Topliss-reactive ketones (excluding diaryl/α,β-unsaturated/α-hetero) is 1. The lowest BCUT2D eigenvalue weighted by atomic mass is 9.81. The standard InChI is InChI=1S/C25H30Cl2O3/c1-16(2)9-8-10-18(5)13-14-19(17(3)4)15-25(22(28)23(26)27)21-12-7-6-11-20(21)24(29)30-25/h6-7,9,11-13,23H,8,10,14-15H2,1-5H3/b18-13+/t25-/m0/s1. The maximum Gasteiger partial charge on any atom is 0.339 e. The van der Waals surface area contributed by atoms with E-state index in [0.717, 1.165) is 24.0 Å². The van der Waals surface area contributed by atoms with E-state index < -0.39 is 22.2 Å². The third kappa shape index (κ3) is 5.65. The SMILES string of the molecule is CC(C)=CCC/C(C)=C/CC(C[C@]1(C(=O)C(Cl)Cl)OC(=O)c2ccccc21)=C(C)C. The molecular formula is C25H30Cl2O3. The number of alkyl halides is 2. The molecule has 0 saturated carbocycles. The van der Waals surface area contributed by atoms with Crippen LogP contribution in [-0.2, 0) is 15.1 Å². The fourth-order valence-electron chi connectivity index (χ4n) is 3.60. The van der Waals surface area contributed by atoms with Crippen molar-refractivity contribution in [1.82, 2.24) is 0 Å². The highest BCUT2D eigenvalue weighted by Crippen LogP contribution is 2.44. The normalized spacial score (nSPS) is 18.1. The maximum absolute atomic E-state index is 13.1. The van der Waals surface area contributed by atoms with Gasteiger partial charge in [-0.1, -0.05) is 75.8 Å². The van der Waals surface area contributed by atoms with Crippen molar-refractivity contribution in [2.75, 3.05) is 0 Å². The lowest BCUT2D eigenvalue weighted by Crippen LogP contribution is -2.40. The highest BCUT2D eigenvalue weighted by molar-refractivity contribution is 6.54. The van der Waals surface area contributed by atoms with Gasteiger partial charge in [0.1, 0.15) is 0 Å². The second kappa shape index (κ2) is 10.5. The minimum atomic E-state index is -1.49. The van der Waals surface area contributed by atoms with Crippen LogP contribution in [0.4, 0.5) is 0 Å². The summed E-state index contributed by atoms with van der Waals surface area (Å²) in [5.74, 6) is -1.03. The van der Waals surface area contributed by atoms with E-state index in [1.165, 1.54) is 11.1 Å². The molecule has 0 radical (unpaired) electrons. The number of benzene rings is 1. The fraction of sp³-hybridized carbons (Fsp3) is 0.440. The van der Waals surface area contributed by atoms with Gasteiger partial charge in [0.05, 0.1) is 5.56 Å². The zero-order valence-electron chi connectivity index (χ0n) is 18.4. The summed E-state index contributed by atoms with van der Waals surface area (Å²) in [7, 11) is 0. The Morgan fingerprint density at radius 1 is 1.10 bits per heavy atom. The van der Waals surface area contributed by atoms with E-state index in [9.17, 15) is 9.59 Å². The molecule has 3 nitrogen and oxygen atoms in total. The Kier molecular flexibility index (Phi) is 8.52. The molecule has 0 aromatic heterocycles. The third-order valence-electron chi connectivity index (χ3n) is 5.40. The molecule has 0 amide bonds. The molecule has 0 fully saturated rings. The number of esters is 1. The van der Waals surface area contributed by atoms with Crippen LogP contribution in [-0.4, -0.2) is 16.6 Å². The first-order chi connectivity index (χ1) is 14.1. The monoisotopic (exact) mass is 448 g/mol. The Bertz CT molecular complexity index is 901. The molecule has 1 aromatic carbocycles. The maximum atomic E-state index is 13.1. The second-order valence-electron chi connectivity index (χ2n) is 8.28. The molecule has 2 rings (SSSR count). The van der Waals surface area contributed by atoms with Crippen molar-refractivity contribution in [3.05, 3.63) is 69.8 Å². The van der Waals surface area contributed by atoms with E-state index >= 15 is 0 Å². The van der Waals surface area contributed by atoms with Gasteiger partial charge < -0.3 is 4.74 Å². The fourth-order valence-corrected chi connectivity index (χ4v) is 3.95. The van der Waals surface area contributed by atoms with Crippen LogP contribution >= 0.6 is 23.2 Å². The Morgan fingerprint density at radius 3 is 2.37 bits per heavy atom. The summed E-state index contributed by atoms with van der Waals surface area (Å²) >= 11 is 12.0. The largest absolute Gasteiger partial charge is 0.442 e. The molecule has 1 aromatic rings. The number of carbonyl (C=O) groups is 2. The summed E-state index contributed by atoms with van der Waals surface area (Å²) in [5, 5.41) is 0. The van der Waals surface area contributed by atoms with E-state index in [2.05, 4.69) is 32.9 Å². The van der Waals surface area contributed by atoms with Gasteiger partial charge in [-0.25, -0.2) is 4.79 Å². The third-order valence-corrected chi connectivity index (χ3v) is 5.80. The number of hydrogen-bond donors (Lipinski definition) is 0. The number of ether oxygens (including phenoxy) is 1. The van der Waals surface area contributed by atoms with Crippen molar-refractivity contribution in [3.8, 4) is 0 Å². The van der Waals surface area contributed by atoms with Crippen LogP contribution in [0.5, 0.6) is 0 Å². The predicted octanol–water partition coefficient (Wildman–Crippen LogP) is 7.23. The van der Waals surface area contributed by atoms with Gasteiger partial charge in [0.15, 0.2) is 4.84 Å². The molecule has 5 heteroatoms. The van der Waals surface area contributed by atoms with Gasteiger partial charge in [0.25, 0.3) is 0 Å². The first-order valence-electron chi connectivity index (χ1n) is 10.2. The number of cyclic esters (lactones) is 1. The number of hydrogen-bond acceptors (Lipinski definition) is 3. The first-order valence-corrected chi connectivity index (χ1v) is 11.0. The van der Waals surface area contributed by atoms with Crippen molar-refractivity contribution in [2.24, 2.45) is 0 Å². The number of halogens is 2. The van der Waals surface area contributed by atoms with E-state index in [1.807, 2.05) is 13.8 Å². The lowest BCUT2D eigenvalue weighted by molar-refractivity contribution is -0.136. The molecule has 1 aliphatic heterocycles. The molecule has 0 aliphatic carbocycles. The van der Waals surface area contributed by atoms with Crippen LogP contribution in [0.15, 0.2) is 58.7 Å². The van der Waals surface area contributed by atoms with Crippen LogP contribution in [0.3, 0.4) is 0 Å². The summed E-state index contributed by atoms with van der Waals surface area (Å²) < 4.78 is 5.70.